The van der Waals surface area contributed by atoms with Gasteiger partial charge in [0, 0.05) is 54.9 Å². The van der Waals surface area contributed by atoms with E-state index < -0.39 is 12.2 Å². The van der Waals surface area contributed by atoms with Gasteiger partial charge in [0.25, 0.3) is 5.91 Å². The fraction of sp³-hybridized carbons (Fsp3) is 0.438. The molecule has 1 saturated heterocycles. The highest BCUT2D eigenvalue weighted by molar-refractivity contribution is 5.96. The second-order valence-electron chi connectivity index (χ2n) is 12.0. The van der Waals surface area contributed by atoms with Crippen LogP contribution < -0.4 is 15.2 Å². The quantitative estimate of drug-likeness (QED) is 0.270. The van der Waals surface area contributed by atoms with E-state index in [9.17, 15) is 9.18 Å². The number of imidazole rings is 1. The number of alkyl halides is 1. The number of hydrogen-bond acceptors (Lipinski definition) is 7. The number of ether oxygens (including phenoxy) is 2. The average Bonchev–Trinajstić information content (AvgIpc) is 3.48. The lowest BCUT2D eigenvalue weighted by atomic mass is 10.0. The minimum absolute atomic E-state index is 0.0257. The zero-order valence-corrected chi connectivity index (χ0v) is 25.2. The minimum Gasteiger partial charge on any atom is -0.494 e. The Balaban J connectivity index is 1.28. The molecule has 0 radical (unpaired) electrons. The van der Waals surface area contributed by atoms with Crippen LogP contribution in [0.3, 0.4) is 0 Å². The van der Waals surface area contributed by atoms with Crippen LogP contribution in [0.1, 0.15) is 41.0 Å². The molecule has 0 aromatic carbocycles. The third-order valence-electron chi connectivity index (χ3n) is 8.76. The van der Waals surface area contributed by atoms with Gasteiger partial charge in [-0.15, -0.1) is 0 Å². The normalized spacial score (nSPS) is 18.8. The van der Waals surface area contributed by atoms with E-state index in [1.807, 2.05) is 26.1 Å². The van der Waals surface area contributed by atoms with Crippen LogP contribution in [-0.2, 0) is 13.1 Å². The molecule has 5 aromatic heterocycles. The molecule has 2 fully saturated rings. The molecule has 5 aromatic rings. The van der Waals surface area contributed by atoms with Crippen molar-refractivity contribution < 1.29 is 18.7 Å². The van der Waals surface area contributed by atoms with Crippen LogP contribution in [0.4, 0.5) is 4.39 Å². The first kappa shape index (κ1) is 28.3. The molecule has 2 aliphatic rings. The Hall–Kier alpha value is -4.45. The first-order valence-electron chi connectivity index (χ1n) is 15.2. The number of pyridine rings is 2. The van der Waals surface area contributed by atoms with Gasteiger partial charge in [0.05, 0.1) is 31.5 Å². The summed E-state index contributed by atoms with van der Waals surface area (Å²) in [6, 6.07) is 5.45. The third kappa shape index (κ3) is 5.17. The minimum atomic E-state index is -1.14. The van der Waals surface area contributed by atoms with Crippen LogP contribution in [0.15, 0.2) is 43.0 Å². The van der Waals surface area contributed by atoms with Crippen molar-refractivity contribution >= 4 is 22.3 Å². The summed E-state index contributed by atoms with van der Waals surface area (Å²) in [5.41, 5.74) is 10.8. The van der Waals surface area contributed by atoms with Crippen molar-refractivity contribution in [1.29, 1.82) is 0 Å². The van der Waals surface area contributed by atoms with Gasteiger partial charge in [-0.3, -0.25) is 4.79 Å². The lowest BCUT2D eigenvalue weighted by Crippen LogP contribution is -2.50. The number of halogens is 1. The second-order valence-corrected chi connectivity index (χ2v) is 12.0. The zero-order chi connectivity index (χ0) is 30.5. The molecule has 12 heteroatoms. The number of aromatic nitrogens is 6. The highest BCUT2D eigenvalue weighted by atomic mass is 19.1. The van der Waals surface area contributed by atoms with Gasteiger partial charge in [0.15, 0.2) is 0 Å². The predicted octanol–water partition coefficient (Wildman–Crippen LogP) is 4.17. The Morgan fingerprint density at radius 2 is 1.98 bits per heavy atom. The average molecular weight is 601 g/mol. The molecule has 1 aliphatic heterocycles. The van der Waals surface area contributed by atoms with Crippen molar-refractivity contribution in [2.24, 2.45) is 11.7 Å². The molecule has 2 N–H and O–H groups in total. The van der Waals surface area contributed by atoms with Gasteiger partial charge in [0.1, 0.15) is 41.1 Å². The van der Waals surface area contributed by atoms with Crippen molar-refractivity contribution in [1.82, 2.24) is 33.6 Å². The number of aryl methyl sites for hydroxylation is 2. The van der Waals surface area contributed by atoms with Crippen LogP contribution in [0.2, 0.25) is 0 Å². The number of likely N-dealkylation sites (tertiary alicyclic amines) is 1. The number of nitrogens with zero attached hydrogens (tertiary/aromatic N) is 7. The summed E-state index contributed by atoms with van der Waals surface area (Å²) in [6.07, 6.45) is 8.68. The Morgan fingerprint density at radius 3 is 2.70 bits per heavy atom. The molecule has 1 saturated carbocycles. The van der Waals surface area contributed by atoms with Gasteiger partial charge in [-0.1, -0.05) is 0 Å². The summed E-state index contributed by atoms with van der Waals surface area (Å²) in [7, 11) is 1.58. The van der Waals surface area contributed by atoms with Gasteiger partial charge in [0.2, 0.25) is 5.88 Å². The summed E-state index contributed by atoms with van der Waals surface area (Å²) in [5, 5.41) is 6.02. The second kappa shape index (κ2) is 11.2. The van der Waals surface area contributed by atoms with E-state index in [0.717, 1.165) is 45.7 Å². The first-order chi connectivity index (χ1) is 21.3. The van der Waals surface area contributed by atoms with Crippen LogP contribution in [0, 0.1) is 19.8 Å². The molecule has 44 heavy (non-hydrogen) atoms. The van der Waals surface area contributed by atoms with Crippen molar-refractivity contribution in [3.05, 3.63) is 59.9 Å². The fourth-order valence-electron chi connectivity index (χ4n) is 6.34. The summed E-state index contributed by atoms with van der Waals surface area (Å²) in [4.78, 5) is 23.9. The van der Waals surface area contributed by atoms with E-state index in [1.54, 1.807) is 36.3 Å². The van der Waals surface area contributed by atoms with E-state index in [2.05, 4.69) is 25.2 Å². The number of carbonyl (C=O) groups excluding carboxylic acids is 1. The van der Waals surface area contributed by atoms with Crippen molar-refractivity contribution in [2.75, 3.05) is 26.8 Å². The van der Waals surface area contributed by atoms with Crippen molar-refractivity contribution in [3.63, 3.8) is 0 Å². The van der Waals surface area contributed by atoms with Crippen LogP contribution in [-0.4, -0.2) is 78.5 Å². The molecule has 1 aliphatic carbocycles. The van der Waals surface area contributed by atoms with Crippen molar-refractivity contribution in [3.8, 4) is 23.0 Å². The topological polar surface area (TPSA) is 118 Å². The van der Waals surface area contributed by atoms with Crippen LogP contribution >= 0.6 is 0 Å². The van der Waals surface area contributed by atoms with Crippen LogP contribution in [0.5, 0.6) is 11.6 Å². The van der Waals surface area contributed by atoms with Crippen molar-refractivity contribution in [2.45, 2.75) is 58.4 Å². The SMILES string of the molecule is COc1cc(C(=O)N2C[C@H](N)C[C@@H](F)C2)cn2nc(-c3cc4ccnc(OCCn5ccnc5C)c4n3CC3CC3)c(C)c12. The number of piperidine rings is 1. The Kier molecular flexibility index (Phi) is 7.23. The lowest BCUT2D eigenvalue weighted by Gasteiger charge is -2.33. The highest BCUT2D eigenvalue weighted by Crippen LogP contribution is 2.40. The predicted molar refractivity (Wildman–Crippen MR) is 164 cm³/mol. The van der Waals surface area contributed by atoms with Gasteiger partial charge in [-0.2, -0.15) is 5.10 Å². The lowest BCUT2D eigenvalue weighted by molar-refractivity contribution is 0.0606. The molecule has 7 rings (SSSR count). The van der Waals surface area contributed by atoms with E-state index in [4.69, 9.17) is 20.3 Å². The number of fused-ring (bicyclic) bond motifs is 2. The molecule has 1 amide bonds. The first-order valence-corrected chi connectivity index (χ1v) is 15.2. The van der Waals surface area contributed by atoms with Gasteiger partial charge in [-0.05, 0) is 57.2 Å². The maximum atomic E-state index is 14.3. The molecular weight excluding hydrogens is 563 g/mol. The monoisotopic (exact) mass is 600 g/mol. The number of nitrogens with two attached hydrogens (primary N) is 1. The molecule has 2 atom stereocenters. The molecule has 0 spiro atoms. The van der Waals surface area contributed by atoms with E-state index in [-0.39, 0.29) is 18.9 Å². The molecule has 230 valence electrons. The highest BCUT2D eigenvalue weighted by Gasteiger charge is 2.31. The van der Waals surface area contributed by atoms with Crippen LogP contribution in [0.25, 0.3) is 27.8 Å². The number of amides is 1. The number of hydrogen-bond donors (Lipinski definition) is 1. The third-order valence-corrected chi connectivity index (χ3v) is 8.76. The largest absolute Gasteiger partial charge is 0.494 e. The standard InChI is InChI=1S/C32H37FN8O3/c1-19-28(37-41-16-23(13-27(43-3)29(19)41)32(42)39-17-24(33)14-25(34)18-39)26-12-22-6-7-36-31(30(22)40(26)15-21-4-5-21)44-11-10-38-9-8-35-20(38)2/h6-9,12-13,16,21,24-25H,4-5,10-11,14-15,17-18,34H2,1-3H3/t24-,25-/m1/s1. The Labute approximate surface area is 254 Å². The number of carbonyl (C=O) groups is 1. The van der Waals surface area contributed by atoms with Gasteiger partial charge in [-0.25, -0.2) is 18.9 Å². The molecule has 6 heterocycles. The fourth-order valence-corrected chi connectivity index (χ4v) is 6.34. The molecular formula is C32H37FN8O3. The number of methoxy groups -OCH3 is 1. The van der Waals surface area contributed by atoms with E-state index in [0.29, 0.717) is 42.8 Å². The molecule has 11 nitrogen and oxygen atoms in total. The van der Waals surface area contributed by atoms with Gasteiger partial charge >= 0.3 is 0 Å². The summed E-state index contributed by atoms with van der Waals surface area (Å²) >= 11 is 0. The van der Waals surface area contributed by atoms with E-state index in [1.165, 1.54) is 17.7 Å². The summed E-state index contributed by atoms with van der Waals surface area (Å²) in [5.74, 6) is 2.34. The van der Waals surface area contributed by atoms with E-state index >= 15 is 0 Å². The Bertz CT molecular complexity index is 1850. The summed E-state index contributed by atoms with van der Waals surface area (Å²) in [6.45, 7) is 6.28. The number of rotatable bonds is 9. The maximum Gasteiger partial charge on any atom is 0.255 e. The smallest absolute Gasteiger partial charge is 0.255 e. The molecule has 0 bridgehead atoms. The summed E-state index contributed by atoms with van der Waals surface area (Å²) < 4.78 is 32.3. The van der Waals surface area contributed by atoms with Gasteiger partial charge < -0.3 is 29.2 Å². The zero-order valence-electron chi connectivity index (χ0n) is 25.2. The Morgan fingerprint density at radius 1 is 1.14 bits per heavy atom. The maximum absolute atomic E-state index is 14.3. The molecule has 0 unspecified atom stereocenters.